The summed E-state index contributed by atoms with van der Waals surface area (Å²) in [5, 5.41) is 1.90. The van der Waals surface area contributed by atoms with Crippen LogP contribution >= 0.6 is 0 Å². The van der Waals surface area contributed by atoms with Gasteiger partial charge in [0.1, 0.15) is 5.75 Å². The minimum atomic E-state index is -1.17. The largest absolute Gasteiger partial charge is 0.482 e. The van der Waals surface area contributed by atoms with Crippen LogP contribution in [0.15, 0.2) is 24.3 Å². The number of nitrogens with one attached hydrogen (secondary N) is 1. The third-order valence-corrected chi connectivity index (χ3v) is 3.44. The second kappa shape index (κ2) is 8.13. The molecule has 1 aromatic rings. The highest BCUT2D eigenvalue weighted by Crippen LogP contribution is 2.31. The molecule has 1 aliphatic heterocycles. The number of rotatable bonds is 5. The summed E-state index contributed by atoms with van der Waals surface area (Å²) in [6.45, 7) is 1.30. The van der Waals surface area contributed by atoms with Crippen molar-refractivity contribution in [3.63, 3.8) is 0 Å². The standard InChI is InChI=1S/C16H18N2O7/c1-10(15(21)17-16(22)23-2)25-14(20)7-8-18-11-5-3-4-6-12(11)24-9-13(18)19/h3-6,10H,7-9H2,1-2H3,(H,17,21,22)/t10-/m0/s1. The molecule has 0 bridgehead atoms. The number of methoxy groups -OCH3 is 1. The van der Waals surface area contributed by atoms with E-state index in [-0.39, 0.29) is 25.5 Å². The van der Waals surface area contributed by atoms with E-state index in [9.17, 15) is 19.2 Å². The fraction of sp³-hybridized carbons (Fsp3) is 0.375. The molecule has 0 radical (unpaired) electrons. The molecule has 1 aliphatic rings. The normalized spacial score (nSPS) is 14.0. The Labute approximate surface area is 143 Å². The molecule has 1 N–H and O–H groups in total. The van der Waals surface area contributed by atoms with Crippen molar-refractivity contribution in [3.8, 4) is 5.75 Å². The maximum atomic E-state index is 12.0. The van der Waals surface area contributed by atoms with Crippen LogP contribution in [0.5, 0.6) is 5.75 Å². The molecule has 0 saturated carbocycles. The van der Waals surface area contributed by atoms with Gasteiger partial charge in [0, 0.05) is 6.54 Å². The summed E-state index contributed by atoms with van der Waals surface area (Å²) in [6.07, 6.45) is -2.22. The first-order chi connectivity index (χ1) is 11.9. The first-order valence-corrected chi connectivity index (χ1v) is 7.53. The molecule has 0 unspecified atom stereocenters. The second-order valence-corrected chi connectivity index (χ2v) is 5.16. The molecule has 0 saturated heterocycles. The van der Waals surface area contributed by atoms with Crippen LogP contribution in [0.2, 0.25) is 0 Å². The van der Waals surface area contributed by atoms with Gasteiger partial charge in [0.15, 0.2) is 12.7 Å². The van der Waals surface area contributed by atoms with E-state index in [4.69, 9.17) is 9.47 Å². The van der Waals surface area contributed by atoms with E-state index in [0.717, 1.165) is 7.11 Å². The number of carbonyl (C=O) groups excluding carboxylic acids is 4. The van der Waals surface area contributed by atoms with Crippen molar-refractivity contribution >= 4 is 29.6 Å². The van der Waals surface area contributed by atoms with Gasteiger partial charge in [-0.15, -0.1) is 0 Å². The molecule has 0 aliphatic carbocycles. The Kier molecular flexibility index (Phi) is 5.93. The minimum Gasteiger partial charge on any atom is -0.482 e. The average Bonchev–Trinajstić information content (AvgIpc) is 2.60. The summed E-state index contributed by atoms with van der Waals surface area (Å²) in [6, 6.07) is 6.98. The minimum absolute atomic E-state index is 0.0867. The zero-order chi connectivity index (χ0) is 18.4. The summed E-state index contributed by atoms with van der Waals surface area (Å²) in [4.78, 5) is 47.9. The fourth-order valence-electron chi connectivity index (χ4n) is 2.17. The maximum Gasteiger partial charge on any atom is 0.413 e. The van der Waals surface area contributed by atoms with Gasteiger partial charge in [-0.2, -0.15) is 0 Å². The van der Waals surface area contributed by atoms with Crippen LogP contribution in [0.25, 0.3) is 0 Å². The summed E-state index contributed by atoms with van der Waals surface area (Å²) in [5.74, 6) is -1.19. The Morgan fingerprint density at radius 2 is 2.04 bits per heavy atom. The molecule has 0 aromatic heterocycles. The highest BCUT2D eigenvalue weighted by atomic mass is 16.6. The number of anilines is 1. The van der Waals surface area contributed by atoms with Crippen LogP contribution in [0.1, 0.15) is 13.3 Å². The van der Waals surface area contributed by atoms with Crippen molar-refractivity contribution in [1.29, 1.82) is 0 Å². The number of nitrogens with zero attached hydrogens (tertiary/aromatic N) is 1. The van der Waals surface area contributed by atoms with Crippen molar-refractivity contribution in [2.75, 3.05) is 25.2 Å². The van der Waals surface area contributed by atoms with Crippen molar-refractivity contribution in [1.82, 2.24) is 5.32 Å². The summed E-state index contributed by atoms with van der Waals surface area (Å²) in [7, 11) is 1.11. The number of hydrogen-bond acceptors (Lipinski definition) is 7. The molecule has 0 spiro atoms. The molecule has 9 nitrogen and oxygen atoms in total. The second-order valence-electron chi connectivity index (χ2n) is 5.16. The fourth-order valence-corrected chi connectivity index (χ4v) is 2.17. The Balaban J connectivity index is 1.89. The van der Waals surface area contributed by atoms with E-state index >= 15 is 0 Å². The Bertz CT molecular complexity index is 689. The van der Waals surface area contributed by atoms with E-state index in [1.165, 1.54) is 11.8 Å². The van der Waals surface area contributed by atoms with Crippen LogP contribution in [-0.4, -0.2) is 50.2 Å². The lowest BCUT2D eigenvalue weighted by Gasteiger charge is -2.29. The summed E-state index contributed by atoms with van der Waals surface area (Å²) >= 11 is 0. The predicted octanol–water partition coefficient (Wildman–Crippen LogP) is 0.616. The number of hydrogen-bond donors (Lipinski definition) is 1. The molecular weight excluding hydrogens is 332 g/mol. The van der Waals surface area contributed by atoms with Gasteiger partial charge in [-0.1, -0.05) is 12.1 Å². The molecule has 1 aromatic carbocycles. The van der Waals surface area contributed by atoms with Gasteiger partial charge < -0.3 is 19.1 Å². The van der Waals surface area contributed by atoms with E-state index in [0.29, 0.717) is 11.4 Å². The first kappa shape index (κ1) is 18.2. The molecule has 1 atom stereocenters. The highest BCUT2D eigenvalue weighted by molar-refractivity contribution is 5.98. The molecule has 9 heteroatoms. The molecular formula is C16H18N2O7. The number of carbonyl (C=O) groups is 4. The van der Waals surface area contributed by atoms with Crippen LogP contribution in [0.3, 0.4) is 0 Å². The van der Waals surface area contributed by atoms with Gasteiger partial charge in [-0.25, -0.2) is 4.79 Å². The molecule has 25 heavy (non-hydrogen) atoms. The van der Waals surface area contributed by atoms with Gasteiger partial charge in [-0.05, 0) is 19.1 Å². The lowest BCUT2D eigenvalue weighted by Crippen LogP contribution is -2.41. The van der Waals surface area contributed by atoms with Crippen LogP contribution in [0, 0.1) is 0 Å². The van der Waals surface area contributed by atoms with Crippen molar-refractivity contribution in [2.45, 2.75) is 19.4 Å². The van der Waals surface area contributed by atoms with Crippen LogP contribution < -0.4 is 15.0 Å². The van der Waals surface area contributed by atoms with Crippen molar-refractivity contribution in [3.05, 3.63) is 24.3 Å². The maximum absolute atomic E-state index is 12.0. The number of fused-ring (bicyclic) bond motifs is 1. The number of imide groups is 1. The quantitative estimate of drug-likeness (QED) is 0.775. The number of para-hydroxylation sites is 2. The topological polar surface area (TPSA) is 111 Å². The summed E-state index contributed by atoms with van der Waals surface area (Å²) < 4.78 is 14.5. The zero-order valence-electron chi connectivity index (χ0n) is 13.8. The van der Waals surface area contributed by atoms with E-state index in [2.05, 4.69) is 4.74 Å². The summed E-state index contributed by atoms with van der Waals surface area (Å²) in [5.41, 5.74) is 0.572. The Morgan fingerprint density at radius 1 is 1.32 bits per heavy atom. The van der Waals surface area contributed by atoms with Crippen LogP contribution in [0.4, 0.5) is 10.5 Å². The number of esters is 1. The van der Waals surface area contributed by atoms with E-state index < -0.39 is 24.1 Å². The molecule has 134 valence electrons. The van der Waals surface area contributed by atoms with E-state index in [1.54, 1.807) is 24.3 Å². The van der Waals surface area contributed by atoms with Gasteiger partial charge in [0.05, 0.1) is 19.2 Å². The molecule has 3 amide bonds. The van der Waals surface area contributed by atoms with Gasteiger partial charge in [-0.3, -0.25) is 19.7 Å². The smallest absolute Gasteiger partial charge is 0.413 e. The third kappa shape index (κ3) is 4.69. The number of ether oxygens (including phenoxy) is 3. The van der Waals surface area contributed by atoms with Crippen molar-refractivity contribution < 1.29 is 33.4 Å². The van der Waals surface area contributed by atoms with Crippen molar-refractivity contribution in [2.24, 2.45) is 0 Å². The zero-order valence-corrected chi connectivity index (χ0v) is 13.8. The molecule has 2 rings (SSSR count). The lowest BCUT2D eigenvalue weighted by molar-refractivity contribution is -0.154. The Hall–Kier alpha value is -3.10. The number of benzene rings is 1. The van der Waals surface area contributed by atoms with Gasteiger partial charge in [0.2, 0.25) is 0 Å². The lowest BCUT2D eigenvalue weighted by atomic mass is 10.2. The molecule has 1 heterocycles. The van der Waals surface area contributed by atoms with E-state index in [1.807, 2.05) is 5.32 Å². The number of amides is 3. The van der Waals surface area contributed by atoms with Crippen LogP contribution in [-0.2, 0) is 23.9 Å². The predicted molar refractivity (Wildman–Crippen MR) is 85.0 cm³/mol. The van der Waals surface area contributed by atoms with Gasteiger partial charge in [0.25, 0.3) is 11.8 Å². The third-order valence-electron chi connectivity index (χ3n) is 3.44. The molecule has 0 fully saturated rings. The number of alkyl carbamates (subject to hydrolysis) is 1. The SMILES string of the molecule is COC(=O)NC(=O)[C@H](C)OC(=O)CCN1C(=O)COc2ccccc21. The first-order valence-electron chi connectivity index (χ1n) is 7.53. The Morgan fingerprint density at radius 3 is 2.76 bits per heavy atom. The monoisotopic (exact) mass is 350 g/mol. The highest BCUT2D eigenvalue weighted by Gasteiger charge is 2.26. The van der Waals surface area contributed by atoms with Gasteiger partial charge >= 0.3 is 12.1 Å². The average molecular weight is 350 g/mol.